The fourth-order valence-corrected chi connectivity index (χ4v) is 4.36. The highest BCUT2D eigenvalue weighted by atomic mass is 16.2. The molecule has 2 fully saturated rings. The van der Waals surface area contributed by atoms with E-state index in [1.54, 1.807) is 4.90 Å². The summed E-state index contributed by atoms with van der Waals surface area (Å²) in [5.74, 6) is -0.126. The molecule has 1 aliphatic carbocycles. The maximum atomic E-state index is 12.5. The van der Waals surface area contributed by atoms with E-state index in [-0.39, 0.29) is 36.6 Å². The van der Waals surface area contributed by atoms with Gasteiger partial charge in [0.1, 0.15) is 12.3 Å². The molecular formula is C24H24N4O3. The topological polar surface area (TPSA) is 84.8 Å². The van der Waals surface area contributed by atoms with Crippen molar-refractivity contribution in [2.75, 3.05) is 13.1 Å². The second-order valence-electron chi connectivity index (χ2n) is 8.59. The number of Topliss-reactive ketones (excluding diaryl/α,β-unsaturated/α-hetero) is 1. The van der Waals surface area contributed by atoms with E-state index in [2.05, 4.69) is 6.07 Å². The highest BCUT2D eigenvalue weighted by molar-refractivity contribution is 6.05. The molecule has 0 unspecified atom stereocenters. The van der Waals surface area contributed by atoms with E-state index >= 15 is 0 Å². The molecule has 2 aromatic rings. The highest BCUT2D eigenvalue weighted by Gasteiger charge is 2.38. The molecule has 1 N–H and O–H groups in total. The molecule has 0 aromatic heterocycles. The van der Waals surface area contributed by atoms with Crippen molar-refractivity contribution in [1.82, 2.24) is 14.7 Å². The zero-order valence-electron chi connectivity index (χ0n) is 17.4. The van der Waals surface area contributed by atoms with Crippen molar-refractivity contribution < 1.29 is 14.4 Å². The molecule has 1 saturated carbocycles. The number of nitrogens with zero attached hydrogens (tertiary/aromatic N) is 3. The van der Waals surface area contributed by atoms with Gasteiger partial charge in [0.2, 0.25) is 11.9 Å². The third kappa shape index (κ3) is 3.60. The lowest BCUT2D eigenvalue weighted by Gasteiger charge is -2.19. The number of carbonyl (C=O) groups excluding carboxylic acids is 3. The summed E-state index contributed by atoms with van der Waals surface area (Å²) in [5, 5.41) is 8.20. The van der Waals surface area contributed by atoms with Crippen molar-refractivity contribution in [3.05, 3.63) is 59.2 Å². The summed E-state index contributed by atoms with van der Waals surface area (Å²) in [6, 6.07) is 14.5. The van der Waals surface area contributed by atoms with Crippen LogP contribution in [0.4, 0.5) is 0 Å². The van der Waals surface area contributed by atoms with Crippen LogP contribution in [0.3, 0.4) is 0 Å². The van der Waals surface area contributed by atoms with Crippen molar-refractivity contribution in [3.63, 3.8) is 0 Å². The predicted molar refractivity (Wildman–Crippen MR) is 115 cm³/mol. The Kier molecular flexibility index (Phi) is 4.61. The molecule has 2 heterocycles. The monoisotopic (exact) mass is 416 g/mol. The lowest BCUT2D eigenvalue weighted by Crippen LogP contribution is -2.36. The Balaban J connectivity index is 1.29. The summed E-state index contributed by atoms with van der Waals surface area (Å²) >= 11 is 0. The lowest BCUT2D eigenvalue weighted by atomic mass is 9.99. The third-order valence-corrected chi connectivity index (χ3v) is 6.15. The van der Waals surface area contributed by atoms with E-state index < -0.39 is 0 Å². The quantitative estimate of drug-likeness (QED) is 0.785. The molecule has 0 radical (unpaired) electrons. The van der Waals surface area contributed by atoms with Crippen molar-refractivity contribution in [3.8, 4) is 11.1 Å². The predicted octanol–water partition coefficient (Wildman–Crippen LogP) is 2.64. The summed E-state index contributed by atoms with van der Waals surface area (Å²) in [6.07, 6.45) is 2.22. The number of fused-ring (bicyclic) bond motifs is 1. The molecule has 2 aliphatic heterocycles. The standard InChI is InChI=1S/C24H24N4O3/c1-15(29)11-28-22(30)14-26(24(28)25)12-16-2-4-17(5-3-16)18-6-9-21-19(10-18)13-27(23(21)31)20-7-8-20/h2-6,9-10,20,25H,7-8,11-14H2,1H3. The molecular weight excluding hydrogens is 392 g/mol. The van der Waals surface area contributed by atoms with Crippen molar-refractivity contribution >= 4 is 23.6 Å². The molecule has 0 atom stereocenters. The molecule has 0 bridgehead atoms. The first-order valence-electron chi connectivity index (χ1n) is 10.6. The van der Waals surface area contributed by atoms with E-state index in [9.17, 15) is 14.4 Å². The van der Waals surface area contributed by atoms with Gasteiger partial charge < -0.3 is 9.80 Å². The number of guanidine groups is 1. The van der Waals surface area contributed by atoms with Gasteiger partial charge in [-0.25, -0.2) is 0 Å². The number of nitrogens with one attached hydrogen (secondary N) is 1. The van der Waals surface area contributed by atoms with Crippen LogP contribution in [-0.4, -0.2) is 57.4 Å². The average Bonchev–Trinajstić information content (AvgIpc) is 3.50. The summed E-state index contributed by atoms with van der Waals surface area (Å²) in [7, 11) is 0. The second kappa shape index (κ2) is 7.34. The molecule has 3 aliphatic rings. The summed E-state index contributed by atoms with van der Waals surface area (Å²) < 4.78 is 0. The fourth-order valence-electron chi connectivity index (χ4n) is 4.36. The van der Waals surface area contributed by atoms with Gasteiger partial charge in [-0.2, -0.15) is 0 Å². The van der Waals surface area contributed by atoms with Gasteiger partial charge in [-0.3, -0.25) is 24.7 Å². The summed E-state index contributed by atoms with van der Waals surface area (Å²) in [6.45, 7) is 2.62. The zero-order chi connectivity index (χ0) is 21.7. The molecule has 7 heteroatoms. The van der Waals surface area contributed by atoms with Gasteiger partial charge in [0.15, 0.2) is 0 Å². The van der Waals surface area contributed by atoms with Gasteiger partial charge in [-0.1, -0.05) is 30.3 Å². The third-order valence-electron chi connectivity index (χ3n) is 6.15. The lowest BCUT2D eigenvalue weighted by molar-refractivity contribution is -0.128. The number of amides is 2. The number of hydrogen-bond donors (Lipinski definition) is 1. The Bertz CT molecular complexity index is 1100. The number of rotatable bonds is 6. The van der Waals surface area contributed by atoms with Crippen LogP contribution in [0.15, 0.2) is 42.5 Å². The number of carbonyl (C=O) groups is 3. The van der Waals surface area contributed by atoms with E-state index in [1.165, 1.54) is 11.8 Å². The highest BCUT2D eigenvalue weighted by Crippen LogP contribution is 2.36. The van der Waals surface area contributed by atoms with Crippen LogP contribution >= 0.6 is 0 Å². The van der Waals surface area contributed by atoms with E-state index in [1.807, 2.05) is 41.3 Å². The van der Waals surface area contributed by atoms with Gasteiger partial charge in [0.25, 0.3) is 5.91 Å². The minimum Gasteiger partial charge on any atom is -0.331 e. The molecule has 158 valence electrons. The average molecular weight is 416 g/mol. The minimum absolute atomic E-state index is 0.0495. The molecule has 1 saturated heterocycles. The van der Waals surface area contributed by atoms with Gasteiger partial charge in [0.05, 0.1) is 6.54 Å². The molecule has 5 rings (SSSR count). The maximum absolute atomic E-state index is 12.5. The number of hydrogen-bond acceptors (Lipinski definition) is 4. The zero-order valence-corrected chi connectivity index (χ0v) is 17.4. The Morgan fingerprint density at radius 2 is 1.74 bits per heavy atom. The molecule has 7 nitrogen and oxygen atoms in total. The number of benzene rings is 2. The Morgan fingerprint density at radius 1 is 1.03 bits per heavy atom. The van der Waals surface area contributed by atoms with Crippen molar-refractivity contribution in [2.45, 2.75) is 38.9 Å². The Morgan fingerprint density at radius 3 is 2.42 bits per heavy atom. The largest absolute Gasteiger partial charge is 0.331 e. The smallest absolute Gasteiger partial charge is 0.254 e. The van der Waals surface area contributed by atoms with Crippen LogP contribution in [-0.2, 0) is 22.7 Å². The first kappa shape index (κ1) is 19.5. The van der Waals surface area contributed by atoms with Crippen LogP contribution in [0, 0.1) is 5.41 Å². The van der Waals surface area contributed by atoms with Crippen LogP contribution in [0.25, 0.3) is 11.1 Å². The minimum atomic E-state index is -0.218. The maximum Gasteiger partial charge on any atom is 0.254 e. The first-order valence-corrected chi connectivity index (χ1v) is 10.6. The van der Waals surface area contributed by atoms with Crippen LogP contribution in [0.2, 0.25) is 0 Å². The normalized spacial score (nSPS) is 18.2. The van der Waals surface area contributed by atoms with Crippen molar-refractivity contribution in [1.29, 1.82) is 5.41 Å². The van der Waals surface area contributed by atoms with E-state index in [0.717, 1.165) is 40.7 Å². The molecule has 2 aromatic carbocycles. The molecule has 0 spiro atoms. The van der Waals surface area contributed by atoms with Crippen molar-refractivity contribution in [2.24, 2.45) is 0 Å². The van der Waals surface area contributed by atoms with Gasteiger partial charge in [0, 0.05) is 24.7 Å². The molecule has 2 amide bonds. The van der Waals surface area contributed by atoms with Crippen LogP contribution in [0.5, 0.6) is 0 Å². The summed E-state index contributed by atoms with van der Waals surface area (Å²) in [4.78, 5) is 40.9. The summed E-state index contributed by atoms with van der Waals surface area (Å²) in [5.41, 5.74) is 5.04. The fraction of sp³-hybridized carbons (Fsp3) is 0.333. The first-order chi connectivity index (χ1) is 14.9. The van der Waals surface area contributed by atoms with E-state index in [0.29, 0.717) is 19.1 Å². The van der Waals surface area contributed by atoms with Gasteiger partial charge in [-0.05, 0) is 54.2 Å². The SMILES string of the molecule is CC(=O)CN1C(=N)N(Cc2ccc(-c3ccc4c(c3)CN(C3CC3)C4=O)cc2)CC1=O. The van der Waals surface area contributed by atoms with Gasteiger partial charge in [-0.15, -0.1) is 0 Å². The van der Waals surface area contributed by atoms with Crippen LogP contribution in [0.1, 0.15) is 41.3 Å². The Hall–Kier alpha value is -3.48. The molecule has 31 heavy (non-hydrogen) atoms. The van der Waals surface area contributed by atoms with E-state index in [4.69, 9.17) is 5.41 Å². The van der Waals surface area contributed by atoms with Gasteiger partial charge >= 0.3 is 0 Å². The number of ketones is 1. The Labute approximate surface area is 180 Å². The van der Waals surface area contributed by atoms with Crippen LogP contribution < -0.4 is 0 Å². The second-order valence-corrected chi connectivity index (χ2v) is 8.59.